The van der Waals surface area contributed by atoms with Gasteiger partial charge >= 0.3 is 0 Å². The van der Waals surface area contributed by atoms with E-state index in [1.54, 1.807) is 0 Å². The van der Waals surface area contributed by atoms with Crippen molar-refractivity contribution in [2.45, 2.75) is 38.5 Å². The highest BCUT2D eigenvalue weighted by molar-refractivity contribution is 5.88. The second-order valence-corrected chi connectivity index (χ2v) is 15.7. The summed E-state index contributed by atoms with van der Waals surface area (Å²) in [5.74, 6) is 0. The third-order valence-corrected chi connectivity index (χ3v) is 11.8. The Hall–Kier alpha value is -6.45. The number of aromatic nitrogens is 3. The molecule has 258 valence electrons. The first-order valence-electron chi connectivity index (χ1n) is 18.8. The van der Waals surface area contributed by atoms with Crippen LogP contribution >= 0.6 is 0 Å². The molecule has 0 bridgehead atoms. The molecule has 0 saturated heterocycles. The number of benzene rings is 5. The molecule has 2 aliphatic rings. The lowest BCUT2D eigenvalue weighted by molar-refractivity contribution is 0.660. The fraction of sp³-hybridized carbons (Fsp3) is 0.118. The van der Waals surface area contributed by atoms with E-state index in [-0.39, 0.29) is 10.8 Å². The molecule has 8 aromatic rings. The van der Waals surface area contributed by atoms with Crippen molar-refractivity contribution in [2.75, 3.05) is 0 Å². The SMILES string of the molecule is CC1(C)c2ccccc2-c2cc(-c3cc(-c4cc(-c5ccccn5)cc(-c5ccccn5)c4)cc(-c4ccc5c(c4)-c4ccccc4C5(C)C)n3)ccc21. The molecule has 0 fully saturated rings. The van der Waals surface area contributed by atoms with Crippen LogP contribution in [0.5, 0.6) is 0 Å². The topological polar surface area (TPSA) is 38.7 Å². The van der Waals surface area contributed by atoms with Crippen molar-refractivity contribution in [3.63, 3.8) is 0 Å². The van der Waals surface area contributed by atoms with E-state index < -0.39 is 0 Å². The minimum Gasteiger partial charge on any atom is -0.256 e. The van der Waals surface area contributed by atoms with Crippen LogP contribution in [-0.4, -0.2) is 15.0 Å². The lowest BCUT2D eigenvalue weighted by atomic mass is 9.82. The van der Waals surface area contributed by atoms with Gasteiger partial charge in [0.25, 0.3) is 0 Å². The van der Waals surface area contributed by atoms with Crippen molar-refractivity contribution in [1.82, 2.24) is 15.0 Å². The Kier molecular flexibility index (Phi) is 7.19. The van der Waals surface area contributed by atoms with Crippen LogP contribution in [0.15, 0.2) is 164 Å². The Balaban J connectivity index is 1.20. The number of hydrogen-bond acceptors (Lipinski definition) is 3. The fourth-order valence-corrected chi connectivity index (χ4v) is 8.91. The molecule has 2 aliphatic carbocycles. The molecule has 0 radical (unpaired) electrons. The molecular weight excluding hydrogens is 655 g/mol. The van der Waals surface area contributed by atoms with E-state index in [0.29, 0.717) is 0 Å². The molecule has 3 aromatic heterocycles. The van der Waals surface area contributed by atoms with Crippen LogP contribution in [0, 0.1) is 0 Å². The minimum absolute atomic E-state index is 0.0623. The molecule has 5 aromatic carbocycles. The second kappa shape index (κ2) is 12.0. The van der Waals surface area contributed by atoms with E-state index >= 15 is 0 Å². The van der Waals surface area contributed by atoms with Crippen LogP contribution in [0.1, 0.15) is 49.9 Å². The maximum absolute atomic E-state index is 5.47. The summed E-state index contributed by atoms with van der Waals surface area (Å²) in [6.45, 7) is 9.31. The molecule has 0 spiro atoms. The van der Waals surface area contributed by atoms with Crippen molar-refractivity contribution in [2.24, 2.45) is 0 Å². The highest BCUT2D eigenvalue weighted by Gasteiger charge is 2.36. The summed E-state index contributed by atoms with van der Waals surface area (Å²) in [4.78, 5) is 15.0. The summed E-state index contributed by atoms with van der Waals surface area (Å²) in [5.41, 5.74) is 20.7. The van der Waals surface area contributed by atoms with Crippen LogP contribution in [0.3, 0.4) is 0 Å². The first kappa shape index (κ1) is 32.2. The van der Waals surface area contributed by atoms with E-state index in [9.17, 15) is 0 Å². The smallest absolute Gasteiger partial charge is 0.0715 e. The summed E-state index contributed by atoms with van der Waals surface area (Å²) in [5, 5.41) is 0. The summed E-state index contributed by atoms with van der Waals surface area (Å²) in [7, 11) is 0. The van der Waals surface area contributed by atoms with Gasteiger partial charge in [-0.1, -0.05) is 113 Å². The lowest BCUT2D eigenvalue weighted by Crippen LogP contribution is -2.14. The first-order chi connectivity index (χ1) is 26.3. The molecule has 10 rings (SSSR count). The highest BCUT2D eigenvalue weighted by atomic mass is 14.7. The van der Waals surface area contributed by atoms with E-state index in [2.05, 4.69) is 155 Å². The molecule has 3 heterocycles. The Bertz CT molecular complexity index is 2580. The van der Waals surface area contributed by atoms with Gasteiger partial charge in [-0.15, -0.1) is 0 Å². The van der Waals surface area contributed by atoms with Gasteiger partial charge < -0.3 is 0 Å². The predicted molar refractivity (Wildman–Crippen MR) is 222 cm³/mol. The van der Waals surface area contributed by atoms with Gasteiger partial charge in [0.1, 0.15) is 0 Å². The molecule has 0 atom stereocenters. The van der Waals surface area contributed by atoms with Crippen LogP contribution < -0.4 is 0 Å². The summed E-state index contributed by atoms with van der Waals surface area (Å²) >= 11 is 0. The van der Waals surface area contributed by atoms with Crippen molar-refractivity contribution in [3.8, 4) is 78.4 Å². The van der Waals surface area contributed by atoms with E-state index in [1.807, 2.05) is 36.7 Å². The standard InChI is InChI=1S/C51H39N3/c1-50(2)42-15-7-5-13-38(42)40-28-32(19-21-44(40)50)48-30-35(34-25-36(46-17-9-11-23-52-46)27-37(26-34)47-18-10-12-24-53-47)31-49(54-48)33-20-22-45-41(29-33)39-14-6-8-16-43(39)51(45,3)4/h5-31H,1-4H3. The third-order valence-electron chi connectivity index (χ3n) is 11.8. The van der Waals surface area contributed by atoms with Crippen LogP contribution in [0.2, 0.25) is 0 Å². The summed E-state index contributed by atoms with van der Waals surface area (Å²) in [6.07, 6.45) is 3.71. The van der Waals surface area contributed by atoms with Gasteiger partial charge in [0.2, 0.25) is 0 Å². The maximum Gasteiger partial charge on any atom is 0.0715 e. The zero-order valence-corrected chi connectivity index (χ0v) is 30.9. The van der Waals surface area contributed by atoms with Crippen molar-refractivity contribution in [3.05, 3.63) is 186 Å². The zero-order chi connectivity index (χ0) is 36.6. The number of rotatable bonds is 5. The van der Waals surface area contributed by atoms with Gasteiger partial charge in [0.15, 0.2) is 0 Å². The van der Waals surface area contributed by atoms with Gasteiger partial charge in [0, 0.05) is 45.5 Å². The molecule has 0 amide bonds. The van der Waals surface area contributed by atoms with E-state index in [4.69, 9.17) is 15.0 Å². The van der Waals surface area contributed by atoms with Gasteiger partial charge in [0.05, 0.1) is 22.8 Å². The Labute approximate surface area is 317 Å². The monoisotopic (exact) mass is 693 g/mol. The predicted octanol–water partition coefficient (Wildman–Crippen LogP) is 12.8. The summed E-state index contributed by atoms with van der Waals surface area (Å²) in [6, 6.07) is 54.8. The third kappa shape index (κ3) is 5.07. The van der Waals surface area contributed by atoms with Crippen LogP contribution in [0.25, 0.3) is 78.4 Å². The van der Waals surface area contributed by atoms with Gasteiger partial charge in [-0.25, -0.2) is 4.98 Å². The van der Waals surface area contributed by atoms with Crippen molar-refractivity contribution >= 4 is 0 Å². The van der Waals surface area contributed by atoms with Crippen LogP contribution in [-0.2, 0) is 10.8 Å². The highest BCUT2D eigenvalue weighted by Crippen LogP contribution is 2.51. The molecular formula is C51H39N3. The Morgan fingerprint density at radius 2 is 0.722 bits per heavy atom. The van der Waals surface area contributed by atoms with Crippen molar-refractivity contribution < 1.29 is 0 Å². The lowest BCUT2D eigenvalue weighted by Gasteiger charge is -2.21. The first-order valence-corrected chi connectivity index (χ1v) is 18.8. The van der Waals surface area contributed by atoms with Gasteiger partial charge in [-0.2, -0.15) is 0 Å². The van der Waals surface area contributed by atoms with E-state index in [1.165, 1.54) is 44.5 Å². The van der Waals surface area contributed by atoms with Crippen LogP contribution in [0.4, 0.5) is 0 Å². The average Bonchev–Trinajstić information content (AvgIpc) is 3.60. The molecule has 54 heavy (non-hydrogen) atoms. The molecule has 3 nitrogen and oxygen atoms in total. The zero-order valence-electron chi connectivity index (χ0n) is 30.9. The Morgan fingerprint density at radius 3 is 1.19 bits per heavy atom. The normalized spacial score (nSPS) is 14.2. The van der Waals surface area contributed by atoms with Crippen molar-refractivity contribution in [1.29, 1.82) is 0 Å². The molecule has 0 saturated carbocycles. The number of hydrogen-bond donors (Lipinski definition) is 0. The summed E-state index contributed by atoms with van der Waals surface area (Å²) < 4.78 is 0. The molecule has 0 unspecified atom stereocenters. The number of fused-ring (bicyclic) bond motifs is 6. The second-order valence-electron chi connectivity index (χ2n) is 15.7. The average molecular weight is 694 g/mol. The molecule has 0 aliphatic heterocycles. The molecule has 3 heteroatoms. The van der Waals surface area contributed by atoms with E-state index in [0.717, 1.165) is 56.2 Å². The molecule has 0 N–H and O–H groups in total. The largest absolute Gasteiger partial charge is 0.256 e. The Morgan fingerprint density at radius 1 is 0.315 bits per heavy atom. The van der Waals surface area contributed by atoms with Gasteiger partial charge in [-0.3, -0.25) is 9.97 Å². The van der Waals surface area contributed by atoms with Gasteiger partial charge in [-0.05, 0) is 122 Å². The number of nitrogens with zero attached hydrogens (tertiary/aromatic N) is 3. The minimum atomic E-state index is -0.0623. The number of pyridine rings is 3. The fourth-order valence-electron chi connectivity index (χ4n) is 8.91. The maximum atomic E-state index is 5.47. The quantitative estimate of drug-likeness (QED) is 0.180.